The van der Waals surface area contributed by atoms with Crippen molar-refractivity contribution < 1.29 is 24.9 Å². The molecule has 1 saturated carbocycles. The molecule has 2 rings (SSSR count). The molecule has 3 N–H and O–H groups in total. The summed E-state index contributed by atoms with van der Waals surface area (Å²) in [6, 6.07) is 6.54. The lowest BCUT2D eigenvalue weighted by Gasteiger charge is -2.24. The number of hydrogen-bond acceptors (Lipinski definition) is 6. The van der Waals surface area contributed by atoms with Crippen molar-refractivity contribution >= 4 is 17.6 Å². The summed E-state index contributed by atoms with van der Waals surface area (Å²) in [5.74, 6) is -0.268. The van der Waals surface area contributed by atoms with Crippen LogP contribution in [0.5, 0.6) is 5.75 Å². The molecule has 0 aliphatic heterocycles. The van der Waals surface area contributed by atoms with Gasteiger partial charge in [-0.15, -0.1) is 0 Å². The van der Waals surface area contributed by atoms with Gasteiger partial charge in [0.2, 0.25) is 0 Å². The highest BCUT2D eigenvalue weighted by atomic mass is 35.5. The van der Waals surface area contributed by atoms with Gasteiger partial charge in [-0.2, -0.15) is 4.91 Å². The van der Waals surface area contributed by atoms with Crippen molar-refractivity contribution in [2.75, 3.05) is 6.61 Å². The van der Waals surface area contributed by atoms with Crippen LogP contribution in [-0.4, -0.2) is 46.1 Å². The lowest BCUT2D eigenvalue weighted by atomic mass is 9.84. The molecule has 168 valence electrons. The first kappa shape index (κ1) is 24.6. The van der Waals surface area contributed by atoms with Crippen molar-refractivity contribution in [2.24, 2.45) is 17.0 Å². The fraction of sp³-hybridized carbons (Fsp3) is 0.682. The van der Waals surface area contributed by atoms with Crippen LogP contribution in [0.25, 0.3) is 0 Å². The summed E-state index contributed by atoms with van der Waals surface area (Å²) in [6.45, 7) is 0.128. The predicted molar refractivity (Wildman–Crippen MR) is 115 cm³/mol. The zero-order chi connectivity index (χ0) is 21.9. The van der Waals surface area contributed by atoms with Gasteiger partial charge in [0.1, 0.15) is 12.4 Å². The number of aliphatic hydroxyl groups excluding tert-OH is 2. The number of benzene rings is 1. The van der Waals surface area contributed by atoms with E-state index in [0.717, 1.165) is 25.7 Å². The summed E-state index contributed by atoms with van der Waals surface area (Å²) in [5.41, 5.74) is 0. The molecule has 8 heteroatoms. The van der Waals surface area contributed by atoms with Crippen LogP contribution in [0, 0.1) is 16.7 Å². The van der Waals surface area contributed by atoms with E-state index in [4.69, 9.17) is 21.4 Å². The third kappa shape index (κ3) is 8.20. The van der Waals surface area contributed by atoms with Crippen LogP contribution in [0.4, 0.5) is 0 Å². The average molecular weight is 442 g/mol. The second-order valence-electron chi connectivity index (χ2n) is 8.15. The molecule has 1 aromatic carbocycles. The van der Waals surface area contributed by atoms with E-state index in [1.165, 1.54) is 0 Å². The zero-order valence-corrected chi connectivity index (χ0v) is 17.9. The molecule has 0 bridgehead atoms. The number of nitrogens with zero attached hydrogens (tertiary/aromatic N) is 1. The molecule has 0 amide bonds. The second kappa shape index (κ2) is 12.9. The van der Waals surface area contributed by atoms with E-state index in [1.807, 2.05) is 0 Å². The number of hydrogen-bond donors (Lipinski definition) is 3. The van der Waals surface area contributed by atoms with Gasteiger partial charge in [0.05, 0.1) is 18.2 Å². The molecule has 0 heterocycles. The fourth-order valence-electron chi connectivity index (χ4n) is 4.33. The van der Waals surface area contributed by atoms with Gasteiger partial charge in [0.25, 0.3) is 0 Å². The summed E-state index contributed by atoms with van der Waals surface area (Å²) in [6.07, 6.45) is 4.41. The monoisotopic (exact) mass is 441 g/mol. The quantitative estimate of drug-likeness (QED) is 0.290. The standard InChI is InChI=1S/C22H32ClNO6/c23-15-6-5-7-17(12-15)30-14-16(25)10-11-18-19(21(26)13-20(18)24-29)8-3-1-2-4-9-22(27)28/h5-7,12,16,18-21,25-26H,1-4,8-11,13-14H2,(H,27,28)/t16-,18-,19-,20?,21+/m1/s1. The molecule has 0 aromatic heterocycles. The van der Waals surface area contributed by atoms with E-state index in [-0.39, 0.29) is 24.9 Å². The van der Waals surface area contributed by atoms with Crippen molar-refractivity contribution in [3.63, 3.8) is 0 Å². The Labute approximate surface area is 182 Å². The molecule has 0 radical (unpaired) electrons. The highest BCUT2D eigenvalue weighted by Crippen LogP contribution is 2.40. The van der Waals surface area contributed by atoms with Crippen molar-refractivity contribution in [2.45, 2.75) is 76.0 Å². The third-order valence-electron chi connectivity index (χ3n) is 5.91. The Hall–Kier alpha value is -1.70. The molecule has 0 saturated heterocycles. The number of halogens is 1. The predicted octanol–water partition coefficient (Wildman–Crippen LogP) is 4.42. The maximum absolute atomic E-state index is 11.3. The lowest BCUT2D eigenvalue weighted by Crippen LogP contribution is -2.25. The van der Waals surface area contributed by atoms with Gasteiger partial charge < -0.3 is 20.1 Å². The average Bonchev–Trinajstić information content (AvgIpc) is 3.02. The summed E-state index contributed by atoms with van der Waals surface area (Å²) in [7, 11) is 0. The van der Waals surface area contributed by atoms with E-state index in [9.17, 15) is 19.9 Å². The van der Waals surface area contributed by atoms with Crippen LogP contribution in [0.3, 0.4) is 0 Å². The number of carboxylic acid groups (broad SMARTS) is 1. The molecular formula is C22H32ClNO6. The van der Waals surface area contributed by atoms with Crippen LogP contribution in [-0.2, 0) is 4.79 Å². The normalized spacial score (nSPS) is 24.5. The Bertz CT molecular complexity index is 673. The first-order chi connectivity index (χ1) is 14.4. The van der Waals surface area contributed by atoms with E-state index < -0.39 is 24.2 Å². The molecule has 5 atom stereocenters. The number of carboxylic acids is 1. The van der Waals surface area contributed by atoms with Crippen molar-refractivity contribution in [3.05, 3.63) is 34.2 Å². The highest BCUT2D eigenvalue weighted by Gasteiger charge is 2.42. The molecule has 1 unspecified atom stereocenters. The van der Waals surface area contributed by atoms with Crippen molar-refractivity contribution in [1.29, 1.82) is 0 Å². The highest BCUT2D eigenvalue weighted by molar-refractivity contribution is 6.30. The number of unbranched alkanes of at least 4 members (excludes halogenated alkanes) is 3. The first-order valence-corrected chi connectivity index (χ1v) is 11.1. The van der Waals surface area contributed by atoms with E-state index in [1.54, 1.807) is 24.3 Å². The van der Waals surface area contributed by atoms with E-state index in [0.29, 0.717) is 36.5 Å². The Balaban J connectivity index is 1.76. The minimum atomic E-state index is -0.779. The molecule has 0 spiro atoms. The number of aliphatic hydroxyl groups is 2. The number of carbonyl (C=O) groups is 1. The van der Waals surface area contributed by atoms with Gasteiger partial charge in [-0.3, -0.25) is 4.79 Å². The molecule has 1 aromatic rings. The van der Waals surface area contributed by atoms with Crippen LogP contribution in [0.1, 0.15) is 57.8 Å². The van der Waals surface area contributed by atoms with E-state index >= 15 is 0 Å². The Kier molecular flexibility index (Phi) is 10.5. The van der Waals surface area contributed by atoms with Gasteiger partial charge in [-0.25, -0.2) is 0 Å². The van der Waals surface area contributed by atoms with Crippen LogP contribution < -0.4 is 4.74 Å². The fourth-order valence-corrected chi connectivity index (χ4v) is 4.51. The number of aliphatic carboxylic acids is 1. The van der Waals surface area contributed by atoms with Gasteiger partial charge in [0.15, 0.2) is 0 Å². The zero-order valence-electron chi connectivity index (χ0n) is 17.2. The van der Waals surface area contributed by atoms with Crippen LogP contribution >= 0.6 is 11.6 Å². The summed E-state index contributed by atoms with van der Waals surface area (Å²) in [5, 5.41) is 33.2. The van der Waals surface area contributed by atoms with Crippen molar-refractivity contribution in [1.82, 2.24) is 0 Å². The van der Waals surface area contributed by atoms with Gasteiger partial charge in [0, 0.05) is 11.4 Å². The molecular weight excluding hydrogens is 410 g/mol. The molecule has 1 aliphatic rings. The molecule has 1 aliphatic carbocycles. The molecule has 30 heavy (non-hydrogen) atoms. The number of ether oxygens (including phenoxy) is 1. The number of nitroso groups, excluding NO2 is 1. The van der Waals surface area contributed by atoms with E-state index in [2.05, 4.69) is 5.18 Å². The Morgan fingerprint density at radius 1 is 1.20 bits per heavy atom. The molecule has 7 nitrogen and oxygen atoms in total. The van der Waals surface area contributed by atoms with Crippen LogP contribution in [0.15, 0.2) is 29.4 Å². The largest absolute Gasteiger partial charge is 0.491 e. The Morgan fingerprint density at radius 3 is 2.67 bits per heavy atom. The van der Waals surface area contributed by atoms with Crippen molar-refractivity contribution in [3.8, 4) is 5.75 Å². The minimum absolute atomic E-state index is 0.0202. The smallest absolute Gasteiger partial charge is 0.303 e. The SMILES string of the molecule is O=NC1C[C@H](O)[C@H](CCCCCCC(=O)O)[C@H]1CC[C@@H](O)COc1cccc(Cl)c1. The second-order valence-corrected chi connectivity index (χ2v) is 8.59. The third-order valence-corrected chi connectivity index (χ3v) is 6.14. The summed E-state index contributed by atoms with van der Waals surface area (Å²) < 4.78 is 5.57. The maximum atomic E-state index is 11.3. The maximum Gasteiger partial charge on any atom is 0.303 e. The number of rotatable bonds is 14. The minimum Gasteiger partial charge on any atom is -0.491 e. The summed E-state index contributed by atoms with van der Waals surface area (Å²) in [4.78, 5) is 21.8. The first-order valence-electron chi connectivity index (χ1n) is 10.7. The van der Waals surface area contributed by atoms with Gasteiger partial charge in [-0.1, -0.05) is 42.1 Å². The summed E-state index contributed by atoms with van der Waals surface area (Å²) >= 11 is 5.92. The lowest BCUT2D eigenvalue weighted by molar-refractivity contribution is -0.137. The Morgan fingerprint density at radius 2 is 1.97 bits per heavy atom. The van der Waals surface area contributed by atoms with Crippen LogP contribution in [0.2, 0.25) is 5.02 Å². The van der Waals surface area contributed by atoms with Gasteiger partial charge in [-0.05, 0) is 62.1 Å². The molecule has 1 fully saturated rings. The van der Waals surface area contributed by atoms with Gasteiger partial charge >= 0.3 is 5.97 Å². The topological polar surface area (TPSA) is 116 Å².